The van der Waals surface area contributed by atoms with Crippen molar-refractivity contribution in [3.05, 3.63) is 35.4 Å². The highest BCUT2D eigenvalue weighted by Crippen LogP contribution is 2.39. The van der Waals surface area contributed by atoms with Gasteiger partial charge in [0.2, 0.25) is 0 Å². The van der Waals surface area contributed by atoms with Gasteiger partial charge in [-0.05, 0) is 56.2 Å². The monoisotopic (exact) mass is 272 g/mol. The number of hydrogen-bond donors (Lipinski definition) is 1. The van der Waals surface area contributed by atoms with Crippen LogP contribution in [-0.2, 0) is 6.42 Å². The summed E-state index contributed by atoms with van der Waals surface area (Å²) >= 11 is 0. The van der Waals surface area contributed by atoms with Crippen molar-refractivity contribution in [1.29, 1.82) is 0 Å². The van der Waals surface area contributed by atoms with Crippen molar-refractivity contribution in [3.63, 3.8) is 0 Å². The third-order valence-corrected chi connectivity index (χ3v) is 5.85. The maximum atomic E-state index is 6.17. The van der Waals surface area contributed by atoms with E-state index in [0.29, 0.717) is 0 Å². The Kier molecular flexibility index (Phi) is 3.87. The lowest BCUT2D eigenvalue weighted by atomic mass is 9.73. The van der Waals surface area contributed by atoms with Gasteiger partial charge >= 0.3 is 0 Å². The van der Waals surface area contributed by atoms with E-state index in [-0.39, 0.29) is 5.54 Å². The van der Waals surface area contributed by atoms with Crippen LogP contribution in [-0.4, -0.2) is 30.6 Å². The van der Waals surface area contributed by atoms with E-state index in [4.69, 9.17) is 5.73 Å². The van der Waals surface area contributed by atoms with Crippen LogP contribution in [0.4, 0.5) is 0 Å². The van der Waals surface area contributed by atoms with Crippen molar-refractivity contribution in [2.75, 3.05) is 20.1 Å². The van der Waals surface area contributed by atoms with Crippen LogP contribution in [0.5, 0.6) is 0 Å². The van der Waals surface area contributed by atoms with E-state index in [2.05, 4.69) is 43.1 Å². The summed E-state index contributed by atoms with van der Waals surface area (Å²) in [6.45, 7) is 4.36. The van der Waals surface area contributed by atoms with Gasteiger partial charge in [-0.25, -0.2) is 0 Å². The Morgan fingerprint density at radius 1 is 1.25 bits per heavy atom. The minimum atomic E-state index is 0.261. The van der Waals surface area contributed by atoms with Gasteiger partial charge in [-0.15, -0.1) is 0 Å². The quantitative estimate of drug-likeness (QED) is 0.912. The van der Waals surface area contributed by atoms with Crippen molar-refractivity contribution >= 4 is 0 Å². The lowest BCUT2D eigenvalue weighted by Crippen LogP contribution is -2.55. The minimum absolute atomic E-state index is 0.261. The van der Waals surface area contributed by atoms with Gasteiger partial charge in [0.1, 0.15) is 0 Å². The Labute approximate surface area is 123 Å². The van der Waals surface area contributed by atoms with Gasteiger partial charge in [0.25, 0.3) is 0 Å². The second kappa shape index (κ2) is 5.50. The van der Waals surface area contributed by atoms with Gasteiger partial charge in [-0.1, -0.05) is 31.2 Å². The third kappa shape index (κ3) is 2.40. The molecule has 2 aliphatic rings. The molecule has 0 amide bonds. The molecule has 1 atom stereocenters. The SMILES string of the molecule is CC1CCC(CN)(N(C)CC2Cc3ccccc32)CC1. The number of likely N-dealkylation sites (N-methyl/N-ethyl adjacent to an activating group) is 1. The molecule has 2 heteroatoms. The molecule has 1 unspecified atom stereocenters. The van der Waals surface area contributed by atoms with Crippen LogP contribution in [0.2, 0.25) is 0 Å². The van der Waals surface area contributed by atoms with Crippen molar-refractivity contribution in [1.82, 2.24) is 4.90 Å². The molecule has 0 aromatic heterocycles. The number of fused-ring (bicyclic) bond motifs is 1. The van der Waals surface area contributed by atoms with Gasteiger partial charge in [0.05, 0.1) is 0 Å². The Bertz CT molecular complexity index is 460. The molecule has 0 bridgehead atoms. The Balaban J connectivity index is 1.66. The third-order valence-electron chi connectivity index (χ3n) is 5.85. The minimum Gasteiger partial charge on any atom is -0.329 e. The van der Waals surface area contributed by atoms with Gasteiger partial charge < -0.3 is 5.73 Å². The Morgan fingerprint density at radius 2 is 1.95 bits per heavy atom. The maximum Gasteiger partial charge on any atom is 0.0329 e. The van der Waals surface area contributed by atoms with E-state index in [1.54, 1.807) is 11.1 Å². The van der Waals surface area contributed by atoms with Crippen molar-refractivity contribution in [2.24, 2.45) is 11.7 Å². The highest BCUT2D eigenvalue weighted by Gasteiger charge is 2.38. The van der Waals surface area contributed by atoms with Crippen LogP contribution in [0.1, 0.15) is 49.7 Å². The molecule has 0 saturated heterocycles. The molecule has 0 radical (unpaired) electrons. The molecule has 0 aliphatic heterocycles. The fourth-order valence-corrected chi connectivity index (χ4v) is 4.09. The van der Waals surface area contributed by atoms with E-state index in [1.807, 2.05) is 0 Å². The predicted octanol–water partition coefficient (Wildman–Crippen LogP) is 3.17. The van der Waals surface area contributed by atoms with Crippen LogP contribution >= 0.6 is 0 Å². The van der Waals surface area contributed by atoms with Crippen LogP contribution in [0.15, 0.2) is 24.3 Å². The predicted molar refractivity (Wildman–Crippen MR) is 84.9 cm³/mol. The summed E-state index contributed by atoms with van der Waals surface area (Å²) in [5.74, 6) is 1.60. The van der Waals surface area contributed by atoms with E-state index in [0.717, 1.165) is 18.4 Å². The number of benzene rings is 1. The molecule has 1 fully saturated rings. The zero-order chi connectivity index (χ0) is 14.2. The molecule has 2 N–H and O–H groups in total. The number of rotatable bonds is 4. The van der Waals surface area contributed by atoms with E-state index >= 15 is 0 Å². The number of nitrogens with zero attached hydrogens (tertiary/aromatic N) is 1. The molecule has 1 saturated carbocycles. The summed E-state index contributed by atoms with van der Waals surface area (Å²) < 4.78 is 0. The summed E-state index contributed by atoms with van der Waals surface area (Å²) in [6, 6.07) is 8.90. The normalized spacial score (nSPS) is 32.8. The topological polar surface area (TPSA) is 29.3 Å². The fraction of sp³-hybridized carbons (Fsp3) is 0.667. The number of nitrogens with two attached hydrogens (primary N) is 1. The average Bonchev–Trinajstić information content (AvgIpc) is 2.46. The highest BCUT2D eigenvalue weighted by molar-refractivity contribution is 5.40. The molecule has 1 aromatic rings. The molecule has 3 rings (SSSR count). The standard InChI is InChI=1S/C18H28N2/c1-14-7-9-18(13-19,10-8-14)20(2)12-16-11-15-5-3-4-6-17(15)16/h3-6,14,16H,7-13,19H2,1-2H3. The molecule has 20 heavy (non-hydrogen) atoms. The summed E-state index contributed by atoms with van der Waals surface area (Å²) in [7, 11) is 2.30. The van der Waals surface area contributed by atoms with Crippen LogP contribution in [0.3, 0.4) is 0 Å². The van der Waals surface area contributed by atoms with Crippen LogP contribution in [0, 0.1) is 5.92 Å². The average molecular weight is 272 g/mol. The highest BCUT2D eigenvalue weighted by atomic mass is 15.2. The molecule has 2 nitrogen and oxygen atoms in total. The molecule has 0 spiro atoms. The second-order valence-corrected chi connectivity index (χ2v) is 7.09. The molecule has 0 heterocycles. The summed E-state index contributed by atoms with van der Waals surface area (Å²) in [6.07, 6.45) is 6.47. The summed E-state index contributed by atoms with van der Waals surface area (Å²) in [5.41, 5.74) is 9.55. The Morgan fingerprint density at radius 3 is 2.60 bits per heavy atom. The van der Waals surface area contributed by atoms with Crippen LogP contribution in [0.25, 0.3) is 0 Å². The van der Waals surface area contributed by atoms with E-state index in [1.165, 1.54) is 38.6 Å². The van der Waals surface area contributed by atoms with Crippen molar-refractivity contribution in [3.8, 4) is 0 Å². The Hall–Kier alpha value is -0.860. The molecule has 2 aliphatic carbocycles. The lowest BCUT2D eigenvalue weighted by molar-refractivity contribution is 0.0606. The smallest absolute Gasteiger partial charge is 0.0329 e. The zero-order valence-electron chi connectivity index (χ0n) is 12.9. The summed E-state index contributed by atoms with van der Waals surface area (Å²) in [4.78, 5) is 2.58. The largest absolute Gasteiger partial charge is 0.329 e. The molecular formula is C18H28N2. The molecular weight excluding hydrogens is 244 g/mol. The first-order valence-electron chi connectivity index (χ1n) is 8.14. The molecule has 110 valence electrons. The first kappa shape index (κ1) is 14.1. The maximum absolute atomic E-state index is 6.17. The zero-order valence-corrected chi connectivity index (χ0v) is 12.9. The summed E-state index contributed by atoms with van der Waals surface area (Å²) in [5, 5.41) is 0. The van der Waals surface area contributed by atoms with Crippen molar-refractivity contribution < 1.29 is 0 Å². The van der Waals surface area contributed by atoms with E-state index < -0.39 is 0 Å². The first-order chi connectivity index (χ1) is 9.64. The van der Waals surface area contributed by atoms with Gasteiger partial charge in [-0.3, -0.25) is 4.90 Å². The molecule has 1 aromatic carbocycles. The van der Waals surface area contributed by atoms with Gasteiger partial charge in [-0.2, -0.15) is 0 Å². The number of hydrogen-bond acceptors (Lipinski definition) is 2. The second-order valence-electron chi connectivity index (χ2n) is 7.09. The van der Waals surface area contributed by atoms with Gasteiger partial charge in [0, 0.05) is 24.5 Å². The van der Waals surface area contributed by atoms with E-state index in [9.17, 15) is 0 Å². The van der Waals surface area contributed by atoms with Crippen molar-refractivity contribution in [2.45, 2.75) is 50.5 Å². The first-order valence-corrected chi connectivity index (χ1v) is 8.14. The van der Waals surface area contributed by atoms with Crippen LogP contribution < -0.4 is 5.73 Å². The van der Waals surface area contributed by atoms with Gasteiger partial charge in [0.15, 0.2) is 0 Å². The lowest BCUT2D eigenvalue weighted by Gasteiger charge is -2.48. The fourth-order valence-electron chi connectivity index (χ4n) is 4.09.